The Bertz CT molecular complexity index is 621. The van der Waals surface area contributed by atoms with Gasteiger partial charge in [-0.15, -0.1) is 34.0 Å². The molecule has 0 amide bonds. The second-order valence-electron chi connectivity index (χ2n) is 3.87. The summed E-state index contributed by atoms with van der Waals surface area (Å²) in [4.78, 5) is 5.04. The molecular weight excluding hydrogens is 296 g/mol. The lowest BCUT2D eigenvalue weighted by Gasteiger charge is -1.92. The number of ether oxygens (including phenoxy) is 2. The second kappa shape index (κ2) is 5.36. The van der Waals surface area contributed by atoms with Crippen molar-refractivity contribution in [2.24, 2.45) is 0 Å². The fraction of sp³-hybridized carbons (Fsp3) is 0.143. The van der Waals surface area contributed by atoms with E-state index in [1.54, 1.807) is 48.2 Å². The highest BCUT2D eigenvalue weighted by Gasteiger charge is 2.09. The van der Waals surface area contributed by atoms with Crippen molar-refractivity contribution in [2.75, 3.05) is 14.2 Å². The van der Waals surface area contributed by atoms with Crippen molar-refractivity contribution in [3.05, 3.63) is 35.0 Å². The zero-order valence-corrected chi connectivity index (χ0v) is 13.0. The van der Waals surface area contributed by atoms with Gasteiger partial charge in [0, 0.05) is 30.3 Å². The summed E-state index contributed by atoms with van der Waals surface area (Å²) in [6.07, 6.45) is 0. The molecule has 0 aliphatic heterocycles. The van der Waals surface area contributed by atoms with E-state index in [9.17, 15) is 0 Å². The van der Waals surface area contributed by atoms with E-state index in [4.69, 9.17) is 9.47 Å². The minimum atomic E-state index is 0.924. The maximum Gasteiger partial charge on any atom is 0.130 e. The molecule has 0 N–H and O–H groups in total. The van der Waals surface area contributed by atoms with Gasteiger partial charge >= 0.3 is 0 Å². The largest absolute Gasteiger partial charge is 0.496 e. The molecule has 3 heterocycles. The molecule has 0 saturated carbocycles. The van der Waals surface area contributed by atoms with Crippen molar-refractivity contribution < 1.29 is 9.47 Å². The molecule has 3 aromatic heterocycles. The van der Waals surface area contributed by atoms with E-state index < -0.39 is 0 Å². The van der Waals surface area contributed by atoms with E-state index in [-0.39, 0.29) is 0 Å². The molecular formula is C14H12O2S3. The summed E-state index contributed by atoms with van der Waals surface area (Å²) in [7, 11) is 3.40. The van der Waals surface area contributed by atoms with Crippen LogP contribution in [-0.4, -0.2) is 14.2 Å². The molecule has 3 aromatic rings. The van der Waals surface area contributed by atoms with Crippen molar-refractivity contribution in [3.63, 3.8) is 0 Å². The van der Waals surface area contributed by atoms with Crippen LogP contribution in [-0.2, 0) is 0 Å². The van der Waals surface area contributed by atoms with Gasteiger partial charge in [-0.25, -0.2) is 0 Å². The van der Waals surface area contributed by atoms with Crippen molar-refractivity contribution in [3.8, 4) is 31.0 Å². The van der Waals surface area contributed by atoms with Gasteiger partial charge in [0.1, 0.15) is 11.5 Å². The number of thiophene rings is 3. The molecule has 0 atom stereocenters. The summed E-state index contributed by atoms with van der Waals surface area (Å²) in [5, 5.41) is 4.06. The van der Waals surface area contributed by atoms with Crippen LogP contribution >= 0.6 is 34.0 Å². The van der Waals surface area contributed by atoms with Gasteiger partial charge in [0.05, 0.1) is 14.2 Å². The Kier molecular flexibility index (Phi) is 3.59. The monoisotopic (exact) mass is 308 g/mol. The van der Waals surface area contributed by atoms with E-state index in [0.717, 1.165) is 11.5 Å². The zero-order valence-electron chi connectivity index (χ0n) is 10.5. The Hall–Kier alpha value is -1.30. The van der Waals surface area contributed by atoms with Gasteiger partial charge in [-0.1, -0.05) is 0 Å². The van der Waals surface area contributed by atoms with Crippen LogP contribution in [0.25, 0.3) is 19.5 Å². The first-order chi connectivity index (χ1) is 9.30. The number of hydrogen-bond acceptors (Lipinski definition) is 5. The Morgan fingerprint density at radius 1 is 0.737 bits per heavy atom. The highest BCUT2D eigenvalue weighted by molar-refractivity contribution is 7.25. The second-order valence-corrected chi connectivity index (χ2v) is 6.77. The molecule has 0 spiro atoms. The quantitative estimate of drug-likeness (QED) is 0.657. The summed E-state index contributed by atoms with van der Waals surface area (Å²) in [6.45, 7) is 0. The third-order valence-electron chi connectivity index (χ3n) is 2.71. The van der Waals surface area contributed by atoms with Gasteiger partial charge < -0.3 is 9.47 Å². The third kappa shape index (κ3) is 2.54. The maximum atomic E-state index is 5.23. The zero-order chi connectivity index (χ0) is 13.2. The van der Waals surface area contributed by atoms with Crippen LogP contribution in [0, 0.1) is 0 Å². The molecule has 3 rings (SSSR count). The van der Waals surface area contributed by atoms with Crippen molar-refractivity contribution in [1.29, 1.82) is 0 Å². The Balaban J connectivity index is 1.90. The predicted octanol–water partition coefficient (Wildman–Crippen LogP) is 5.22. The predicted molar refractivity (Wildman–Crippen MR) is 84.0 cm³/mol. The molecule has 0 aliphatic rings. The normalized spacial score (nSPS) is 10.6. The summed E-state index contributed by atoms with van der Waals surface area (Å²) >= 11 is 5.22. The smallest absolute Gasteiger partial charge is 0.130 e. The summed E-state index contributed by atoms with van der Waals surface area (Å²) in [6, 6.07) is 8.49. The van der Waals surface area contributed by atoms with E-state index >= 15 is 0 Å². The minimum Gasteiger partial charge on any atom is -0.496 e. The van der Waals surface area contributed by atoms with Crippen LogP contribution in [0.4, 0.5) is 0 Å². The van der Waals surface area contributed by atoms with Crippen molar-refractivity contribution in [2.45, 2.75) is 0 Å². The molecule has 2 nitrogen and oxygen atoms in total. The van der Waals surface area contributed by atoms with E-state index in [0.29, 0.717) is 0 Å². The van der Waals surface area contributed by atoms with E-state index in [1.807, 2.05) is 10.8 Å². The molecule has 5 heteroatoms. The highest BCUT2D eigenvalue weighted by atomic mass is 32.1. The van der Waals surface area contributed by atoms with Gasteiger partial charge in [0.25, 0.3) is 0 Å². The first kappa shape index (κ1) is 12.7. The van der Waals surface area contributed by atoms with Crippen molar-refractivity contribution in [1.82, 2.24) is 0 Å². The summed E-state index contributed by atoms with van der Waals surface area (Å²) < 4.78 is 10.5. The third-order valence-corrected chi connectivity index (χ3v) is 6.01. The lowest BCUT2D eigenvalue weighted by molar-refractivity contribution is 0.417. The number of rotatable bonds is 4. The molecule has 0 fully saturated rings. The standard InChI is InChI=1S/C14H12O2S3/c1-15-9-5-13(17-7-9)11-3-4-12(19-11)14-6-10(16-2)8-18-14/h3-8H,1-2H3. The average Bonchev–Trinajstić information content (AvgIpc) is 3.16. The van der Waals surface area contributed by atoms with Gasteiger partial charge in [0.2, 0.25) is 0 Å². The highest BCUT2D eigenvalue weighted by Crippen LogP contribution is 2.41. The molecule has 0 aromatic carbocycles. The van der Waals surface area contributed by atoms with Crippen LogP contribution in [0.3, 0.4) is 0 Å². The van der Waals surface area contributed by atoms with Crippen LogP contribution in [0.5, 0.6) is 11.5 Å². The van der Waals surface area contributed by atoms with Crippen LogP contribution < -0.4 is 9.47 Å². The SMILES string of the molecule is COc1csc(-c2ccc(-c3cc(OC)cs3)s2)c1. The Morgan fingerprint density at radius 3 is 1.58 bits per heavy atom. The van der Waals surface area contributed by atoms with Crippen LogP contribution in [0.2, 0.25) is 0 Å². The molecule has 0 bridgehead atoms. The Labute approximate surface area is 123 Å². The topological polar surface area (TPSA) is 18.5 Å². The lowest BCUT2D eigenvalue weighted by atomic mass is 10.3. The molecule has 0 radical (unpaired) electrons. The van der Waals surface area contributed by atoms with Gasteiger partial charge in [0.15, 0.2) is 0 Å². The van der Waals surface area contributed by atoms with Crippen LogP contribution in [0.1, 0.15) is 0 Å². The number of methoxy groups -OCH3 is 2. The lowest BCUT2D eigenvalue weighted by Crippen LogP contribution is -1.75. The molecule has 0 aliphatic carbocycles. The van der Waals surface area contributed by atoms with Gasteiger partial charge in [-0.3, -0.25) is 0 Å². The molecule has 19 heavy (non-hydrogen) atoms. The van der Waals surface area contributed by atoms with Crippen molar-refractivity contribution >= 4 is 34.0 Å². The number of hydrogen-bond donors (Lipinski definition) is 0. The Morgan fingerprint density at radius 2 is 1.21 bits per heavy atom. The fourth-order valence-electron chi connectivity index (χ4n) is 1.71. The molecule has 98 valence electrons. The summed E-state index contributed by atoms with van der Waals surface area (Å²) in [5.41, 5.74) is 0. The van der Waals surface area contributed by atoms with E-state index in [1.165, 1.54) is 19.5 Å². The van der Waals surface area contributed by atoms with Crippen LogP contribution in [0.15, 0.2) is 35.0 Å². The summed E-state index contributed by atoms with van der Waals surface area (Å²) in [5.74, 6) is 1.85. The first-order valence-electron chi connectivity index (χ1n) is 5.66. The fourth-order valence-corrected chi connectivity index (χ4v) is 4.63. The molecule has 0 saturated heterocycles. The first-order valence-corrected chi connectivity index (χ1v) is 8.23. The average molecular weight is 308 g/mol. The minimum absolute atomic E-state index is 0.924. The van der Waals surface area contributed by atoms with Gasteiger partial charge in [-0.2, -0.15) is 0 Å². The van der Waals surface area contributed by atoms with E-state index in [2.05, 4.69) is 24.3 Å². The maximum absolute atomic E-state index is 5.23. The molecule has 0 unspecified atom stereocenters. The van der Waals surface area contributed by atoms with Gasteiger partial charge in [-0.05, 0) is 24.3 Å².